The third-order valence-electron chi connectivity index (χ3n) is 4.01. The van der Waals surface area contributed by atoms with Gasteiger partial charge in [0.15, 0.2) is 5.16 Å². The van der Waals surface area contributed by atoms with E-state index in [1.54, 1.807) is 6.20 Å². The maximum absolute atomic E-state index is 12.6. The monoisotopic (exact) mass is 385 g/mol. The van der Waals surface area contributed by atoms with Gasteiger partial charge in [-0.2, -0.15) is 0 Å². The molecule has 6 heteroatoms. The van der Waals surface area contributed by atoms with Crippen LogP contribution in [0, 0.1) is 13.8 Å². The number of benzene rings is 2. The largest absolute Gasteiger partial charge is 0.325 e. The van der Waals surface area contributed by atoms with Crippen LogP contribution in [-0.2, 0) is 4.79 Å². The number of rotatable bonds is 5. The van der Waals surface area contributed by atoms with Crippen LogP contribution in [0.25, 0.3) is 5.69 Å². The normalized spacial score (nSPS) is 12.0. The van der Waals surface area contributed by atoms with Crippen molar-refractivity contribution in [1.82, 2.24) is 9.55 Å². The number of nitrogens with zero attached hydrogens (tertiary/aromatic N) is 2. The van der Waals surface area contributed by atoms with E-state index in [-0.39, 0.29) is 11.2 Å². The Labute approximate surface area is 162 Å². The standard InChI is InChI=1S/C20H20ClN3OS/c1-13-4-5-14(2)18(12-13)23-19(25)15(3)26-20-22-10-11-24(20)17-8-6-16(21)7-9-17/h4-12,15H,1-3H3,(H,23,25). The molecule has 0 saturated heterocycles. The highest BCUT2D eigenvalue weighted by Gasteiger charge is 2.18. The number of aromatic nitrogens is 2. The first kappa shape index (κ1) is 18.5. The minimum absolute atomic E-state index is 0.0469. The molecule has 1 atom stereocenters. The molecule has 134 valence electrons. The van der Waals surface area contributed by atoms with E-state index in [2.05, 4.69) is 10.3 Å². The maximum atomic E-state index is 12.6. The Bertz CT molecular complexity index is 921. The zero-order chi connectivity index (χ0) is 18.7. The summed E-state index contributed by atoms with van der Waals surface area (Å²) in [6, 6.07) is 13.6. The zero-order valence-corrected chi connectivity index (χ0v) is 16.4. The minimum atomic E-state index is -0.289. The smallest absolute Gasteiger partial charge is 0.237 e. The molecular formula is C20H20ClN3OS. The second kappa shape index (κ2) is 7.98. The van der Waals surface area contributed by atoms with E-state index >= 15 is 0 Å². The van der Waals surface area contributed by atoms with Crippen molar-refractivity contribution in [3.05, 3.63) is 71.0 Å². The number of hydrogen-bond donors (Lipinski definition) is 1. The molecule has 0 spiro atoms. The number of hydrogen-bond acceptors (Lipinski definition) is 3. The van der Waals surface area contributed by atoms with Crippen LogP contribution < -0.4 is 5.32 Å². The van der Waals surface area contributed by atoms with Crippen LogP contribution >= 0.6 is 23.4 Å². The summed E-state index contributed by atoms with van der Waals surface area (Å²) in [5, 5.41) is 4.17. The number of nitrogens with one attached hydrogen (secondary N) is 1. The zero-order valence-electron chi connectivity index (χ0n) is 14.9. The molecule has 0 saturated carbocycles. The fourth-order valence-corrected chi connectivity index (χ4v) is 3.50. The van der Waals surface area contributed by atoms with Gasteiger partial charge < -0.3 is 5.32 Å². The number of imidazole rings is 1. The van der Waals surface area contributed by atoms with Crippen LogP contribution in [0.4, 0.5) is 5.69 Å². The summed E-state index contributed by atoms with van der Waals surface area (Å²) in [4.78, 5) is 17.0. The number of aryl methyl sites for hydroxylation is 2. The molecule has 1 N–H and O–H groups in total. The first-order valence-electron chi connectivity index (χ1n) is 8.28. The third-order valence-corrected chi connectivity index (χ3v) is 5.35. The lowest BCUT2D eigenvalue weighted by molar-refractivity contribution is -0.115. The van der Waals surface area contributed by atoms with Crippen LogP contribution in [0.3, 0.4) is 0 Å². The van der Waals surface area contributed by atoms with Crippen molar-refractivity contribution >= 4 is 35.0 Å². The maximum Gasteiger partial charge on any atom is 0.237 e. The highest BCUT2D eigenvalue weighted by Crippen LogP contribution is 2.26. The van der Waals surface area contributed by atoms with Gasteiger partial charge in [0.1, 0.15) is 0 Å². The van der Waals surface area contributed by atoms with Gasteiger partial charge in [-0.05, 0) is 62.2 Å². The van der Waals surface area contributed by atoms with Crippen LogP contribution in [0.5, 0.6) is 0 Å². The average Bonchev–Trinajstić information content (AvgIpc) is 3.07. The van der Waals surface area contributed by atoms with Crippen LogP contribution in [0.1, 0.15) is 18.1 Å². The fraction of sp³-hybridized carbons (Fsp3) is 0.200. The van der Waals surface area contributed by atoms with Crippen LogP contribution in [-0.4, -0.2) is 20.7 Å². The Hall–Kier alpha value is -2.24. The molecule has 0 bridgehead atoms. The second-order valence-corrected chi connectivity index (χ2v) is 7.87. The number of amides is 1. The molecule has 0 aliphatic rings. The molecule has 0 aliphatic carbocycles. The van der Waals surface area contributed by atoms with Crippen LogP contribution in [0.15, 0.2) is 60.0 Å². The molecule has 1 unspecified atom stereocenters. The summed E-state index contributed by atoms with van der Waals surface area (Å²) in [7, 11) is 0. The molecule has 0 aliphatic heterocycles. The lowest BCUT2D eigenvalue weighted by Gasteiger charge is -2.15. The van der Waals surface area contributed by atoms with Gasteiger partial charge >= 0.3 is 0 Å². The van der Waals surface area contributed by atoms with E-state index in [0.29, 0.717) is 5.02 Å². The van der Waals surface area contributed by atoms with E-state index in [1.165, 1.54) is 11.8 Å². The average molecular weight is 386 g/mol. The Morgan fingerprint density at radius 3 is 2.65 bits per heavy atom. The van der Waals surface area contributed by atoms with Gasteiger partial charge in [0, 0.05) is 28.8 Å². The third kappa shape index (κ3) is 4.29. The summed E-state index contributed by atoms with van der Waals surface area (Å²) in [6.45, 7) is 5.88. The van der Waals surface area contributed by atoms with Crippen molar-refractivity contribution in [3.8, 4) is 5.69 Å². The predicted octanol–water partition coefficient (Wildman–Crippen LogP) is 5.26. The molecule has 0 fully saturated rings. The van der Waals surface area contributed by atoms with Gasteiger partial charge in [-0.3, -0.25) is 9.36 Å². The predicted molar refractivity (Wildman–Crippen MR) is 108 cm³/mol. The van der Waals surface area contributed by atoms with Gasteiger partial charge in [0.25, 0.3) is 0 Å². The van der Waals surface area contributed by atoms with Gasteiger partial charge in [0.05, 0.1) is 5.25 Å². The summed E-state index contributed by atoms with van der Waals surface area (Å²) >= 11 is 7.38. The molecular weight excluding hydrogens is 366 g/mol. The summed E-state index contributed by atoms with van der Waals surface area (Å²) < 4.78 is 1.95. The molecule has 1 heterocycles. The first-order valence-corrected chi connectivity index (χ1v) is 9.54. The van der Waals surface area contributed by atoms with E-state index in [1.807, 2.05) is 74.0 Å². The molecule has 3 aromatic rings. The molecule has 1 aromatic heterocycles. The second-order valence-electron chi connectivity index (χ2n) is 6.12. The van der Waals surface area contributed by atoms with E-state index in [0.717, 1.165) is 27.7 Å². The van der Waals surface area contributed by atoms with Crippen molar-refractivity contribution < 1.29 is 4.79 Å². The summed E-state index contributed by atoms with van der Waals surface area (Å²) in [5.74, 6) is -0.0469. The Balaban J connectivity index is 1.73. The van der Waals surface area contributed by atoms with Crippen LogP contribution in [0.2, 0.25) is 5.02 Å². The Morgan fingerprint density at radius 2 is 1.92 bits per heavy atom. The van der Waals surface area contributed by atoms with Gasteiger partial charge in [-0.15, -0.1) is 0 Å². The quantitative estimate of drug-likeness (QED) is 0.609. The summed E-state index contributed by atoms with van der Waals surface area (Å²) in [5.41, 5.74) is 3.97. The molecule has 4 nitrogen and oxygen atoms in total. The molecule has 3 rings (SSSR count). The van der Waals surface area contributed by atoms with E-state index < -0.39 is 0 Å². The number of anilines is 1. The molecule has 2 aromatic carbocycles. The minimum Gasteiger partial charge on any atom is -0.325 e. The molecule has 1 amide bonds. The van der Waals surface area contributed by atoms with E-state index in [4.69, 9.17) is 11.6 Å². The summed E-state index contributed by atoms with van der Waals surface area (Å²) in [6.07, 6.45) is 3.60. The molecule has 0 radical (unpaired) electrons. The van der Waals surface area contributed by atoms with Crippen molar-refractivity contribution in [2.24, 2.45) is 0 Å². The van der Waals surface area contributed by atoms with Gasteiger partial charge in [-0.1, -0.05) is 35.5 Å². The fourth-order valence-electron chi connectivity index (χ4n) is 2.49. The lowest BCUT2D eigenvalue weighted by Crippen LogP contribution is -2.23. The topological polar surface area (TPSA) is 46.9 Å². The van der Waals surface area contributed by atoms with Gasteiger partial charge in [0.2, 0.25) is 5.91 Å². The highest BCUT2D eigenvalue weighted by atomic mass is 35.5. The van der Waals surface area contributed by atoms with Crippen molar-refractivity contribution in [2.75, 3.05) is 5.32 Å². The van der Waals surface area contributed by atoms with Crippen molar-refractivity contribution in [3.63, 3.8) is 0 Å². The number of carbonyl (C=O) groups excluding carboxylic acids is 1. The molecule has 26 heavy (non-hydrogen) atoms. The van der Waals surface area contributed by atoms with Crippen molar-refractivity contribution in [1.29, 1.82) is 0 Å². The lowest BCUT2D eigenvalue weighted by atomic mass is 10.1. The first-order chi connectivity index (χ1) is 12.4. The highest BCUT2D eigenvalue weighted by molar-refractivity contribution is 8.00. The Morgan fingerprint density at radius 1 is 1.19 bits per heavy atom. The van der Waals surface area contributed by atoms with Crippen molar-refractivity contribution in [2.45, 2.75) is 31.2 Å². The Kier molecular flexibility index (Phi) is 5.69. The van der Waals surface area contributed by atoms with E-state index in [9.17, 15) is 4.79 Å². The SMILES string of the molecule is Cc1ccc(C)c(NC(=O)C(C)Sc2nccn2-c2ccc(Cl)cc2)c1. The number of halogens is 1. The number of thioether (sulfide) groups is 1. The number of carbonyl (C=O) groups is 1. The van der Waals surface area contributed by atoms with Gasteiger partial charge in [-0.25, -0.2) is 4.98 Å².